The van der Waals surface area contributed by atoms with Crippen LogP contribution in [0.4, 0.5) is 0 Å². The predicted octanol–water partition coefficient (Wildman–Crippen LogP) is 4.59. The Kier molecular flexibility index (Phi) is 14.3. The van der Waals surface area contributed by atoms with Gasteiger partial charge in [0.2, 0.25) is 0 Å². The summed E-state index contributed by atoms with van der Waals surface area (Å²) in [4.78, 5) is 12.1. The topological polar surface area (TPSA) is 81.7 Å². The molecule has 210 valence electrons. The average Bonchev–Trinajstić information content (AvgIpc) is 2.99. The summed E-state index contributed by atoms with van der Waals surface area (Å²) in [7, 11) is 7.35. The number of nitrogens with zero attached hydrogens (tertiary/aromatic N) is 8. The van der Waals surface area contributed by atoms with Gasteiger partial charge in [0.1, 0.15) is 11.4 Å². The molecule has 0 aliphatic carbocycles. The molecule has 0 fully saturated rings. The second-order valence-corrected chi connectivity index (χ2v) is 9.34. The Morgan fingerprint density at radius 3 is 1.15 bits per heavy atom. The van der Waals surface area contributed by atoms with Gasteiger partial charge in [0.15, 0.2) is 0 Å². The Morgan fingerprint density at radius 2 is 0.854 bits per heavy atom. The van der Waals surface area contributed by atoms with E-state index < -0.39 is 0 Å². The predicted molar refractivity (Wildman–Crippen MR) is 170 cm³/mol. The first-order valence-corrected chi connectivity index (χ1v) is 13.1. The van der Waals surface area contributed by atoms with Crippen LogP contribution in [0, 0.1) is 0 Å². The van der Waals surface area contributed by atoms with Crippen molar-refractivity contribution in [3.8, 4) is 0 Å². The molecule has 0 radical (unpaired) electrons. The van der Waals surface area contributed by atoms with Gasteiger partial charge in [-0.25, -0.2) is 0 Å². The van der Waals surface area contributed by atoms with E-state index in [1.165, 1.54) is 0 Å². The Labute approximate surface area is 263 Å². The van der Waals surface area contributed by atoms with Crippen molar-refractivity contribution in [1.29, 1.82) is 0 Å². The Balaban J connectivity index is 0.000000280. The van der Waals surface area contributed by atoms with Crippen LogP contribution in [0.1, 0.15) is 22.5 Å². The third-order valence-electron chi connectivity index (χ3n) is 5.15. The van der Waals surface area contributed by atoms with Crippen LogP contribution in [0.2, 0.25) is 0 Å². The Hall–Kier alpha value is -4.02. The van der Waals surface area contributed by atoms with Crippen molar-refractivity contribution in [3.05, 3.63) is 132 Å². The van der Waals surface area contributed by atoms with E-state index in [4.69, 9.17) is 25.3 Å². The molecule has 2 aromatic carbocycles. The zero-order valence-electron chi connectivity index (χ0n) is 23.1. The van der Waals surface area contributed by atoms with Crippen molar-refractivity contribution in [1.82, 2.24) is 19.8 Å². The molecule has 0 aliphatic heterocycles. The van der Waals surface area contributed by atoms with E-state index >= 15 is 0 Å². The molecular formula is C30H30FeN8S2. The third kappa shape index (κ3) is 10.8. The molecule has 4 aromatic rings. The Morgan fingerprint density at radius 1 is 0.512 bits per heavy atom. The number of hydrogen-bond acceptors (Lipinski definition) is 8. The van der Waals surface area contributed by atoms with E-state index in [0.717, 1.165) is 22.5 Å². The van der Waals surface area contributed by atoms with Crippen LogP contribution in [0.3, 0.4) is 0 Å². The van der Waals surface area contributed by atoms with Gasteiger partial charge < -0.3 is 35.1 Å². The first-order valence-electron chi connectivity index (χ1n) is 12.3. The quantitative estimate of drug-likeness (QED) is 0.103. The molecule has 0 amide bonds. The minimum Gasteiger partial charge on any atom is -0.741 e. The van der Waals surface area contributed by atoms with Gasteiger partial charge in [-0.15, -0.1) is 10.2 Å². The number of rotatable bonds is 6. The molecule has 0 bridgehead atoms. The van der Waals surface area contributed by atoms with Gasteiger partial charge in [-0.05, 0) is 24.3 Å². The fourth-order valence-corrected chi connectivity index (χ4v) is 3.16. The first kappa shape index (κ1) is 33.2. The molecule has 0 spiro atoms. The van der Waals surface area contributed by atoms with Gasteiger partial charge in [-0.3, -0.25) is 9.97 Å². The molecule has 8 nitrogen and oxygen atoms in total. The van der Waals surface area contributed by atoms with Gasteiger partial charge >= 0.3 is 17.1 Å². The zero-order valence-corrected chi connectivity index (χ0v) is 25.9. The molecule has 2 aromatic heterocycles. The number of benzene rings is 2. The number of pyridine rings is 2. The molecule has 11 heteroatoms. The number of aromatic nitrogens is 2. The average molecular weight is 623 g/mol. The molecule has 2 heterocycles. The number of hydrogen-bond donors (Lipinski definition) is 0. The minimum absolute atomic E-state index is 0. The smallest absolute Gasteiger partial charge is 0.741 e. The molecular weight excluding hydrogens is 592 g/mol. The molecule has 0 saturated heterocycles. The van der Waals surface area contributed by atoms with Crippen LogP contribution in [0.5, 0.6) is 0 Å². The van der Waals surface area contributed by atoms with Crippen molar-refractivity contribution in [2.75, 3.05) is 28.2 Å². The zero-order chi connectivity index (χ0) is 28.7. The van der Waals surface area contributed by atoms with E-state index in [2.05, 4.69) is 30.4 Å². The summed E-state index contributed by atoms with van der Waals surface area (Å²) in [5.41, 5.74) is 4.85. The maximum absolute atomic E-state index is 5.13. The monoisotopic (exact) mass is 622 g/mol. The summed E-state index contributed by atoms with van der Waals surface area (Å²) in [5.74, 6) is 0. The van der Waals surface area contributed by atoms with Gasteiger partial charge in [-0.1, -0.05) is 72.8 Å². The molecule has 0 aliphatic rings. The molecule has 0 unspecified atom stereocenters. The molecule has 4 rings (SSSR count). The fourth-order valence-electron chi connectivity index (χ4n) is 3.08. The largest absolute Gasteiger partial charge is 2.00 e. The normalized spacial score (nSPS) is 12.0. The second kappa shape index (κ2) is 17.6. The van der Waals surface area contributed by atoms with Crippen LogP contribution < -0.4 is 0 Å². The van der Waals surface area contributed by atoms with E-state index in [0.29, 0.717) is 21.8 Å². The van der Waals surface area contributed by atoms with Crippen LogP contribution in [-0.4, -0.2) is 69.7 Å². The standard InChI is InChI=1S/2C15H16N4S.Fe/c2*1-19(2)15(20)18-17-14(12-8-4-3-5-9-12)13-10-6-7-11-16-13;/h2*3-11H,1-2H3,(H,18,20);/q;;+2/p-2/b2*17-14+;. The summed E-state index contributed by atoms with van der Waals surface area (Å²) < 4.78 is 0. The third-order valence-corrected chi connectivity index (χ3v) is 6.04. The second-order valence-electron chi connectivity index (χ2n) is 8.61. The van der Waals surface area contributed by atoms with Crippen LogP contribution in [-0.2, 0) is 42.3 Å². The summed E-state index contributed by atoms with van der Waals surface area (Å²) in [6, 6.07) is 31.0. The molecule has 41 heavy (non-hydrogen) atoms. The van der Waals surface area contributed by atoms with Crippen molar-refractivity contribution in [2.24, 2.45) is 20.4 Å². The van der Waals surface area contributed by atoms with E-state index in [1.807, 2.05) is 125 Å². The summed E-state index contributed by atoms with van der Waals surface area (Å²) in [5, 5.41) is 17.6. The van der Waals surface area contributed by atoms with Gasteiger partial charge in [0.25, 0.3) is 0 Å². The maximum atomic E-state index is 5.13. The maximum Gasteiger partial charge on any atom is 2.00 e. The van der Waals surface area contributed by atoms with Crippen LogP contribution in [0.15, 0.2) is 130 Å². The van der Waals surface area contributed by atoms with E-state index in [9.17, 15) is 0 Å². The van der Waals surface area contributed by atoms with Crippen molar-refractivity contribution in [3.63, 3.8) is 0 Å². The van der Waals surface area contributed by atoms with Gasteiger partial charge in [0.05, 0.1) is 11.4 Å². The Bertz CT molecular complexity index is 1250. The summed E-state index contributed by atoms with van der Waals surface area (Å²) in [6.07, 6.45) is 3.47. The van der Waals surface area contributed by atoms with Crippen LogP contribution in [0.25, 0.3) is 0 Å². The summed E-state index contributed by atoms with van der Waals surface area (Å²) in [6.45, 7) is 0. The van der Waals surface area contributed by atoms with E-state index in [-0.39, 0.29) is 17.1 Å². The molecule has 0 saturated carbocycles. The van der Waals surface area contributed by atoms with Crippen molar-refractivity contribution in [2.45, 2.75) is 0 Å². The molecule has 0 N–H and O–H groups in total. The first-order chi connectivity index (χ1) is 19.4. The minimum atomic E-state index is 0. The SMILES string of the molecule is CN(C)/C([S-])=N/N=C(\c1ccccc1)c1ccccn1.CN(C)/C([S-])=N/N=C(\c1ccccc1)c1ccccn1.[Fe+2]. The van der Waals surface area contributed by atoms with Crippen molar-refractivity contribution < 1.29 is 17.1 Å². The number of amidine groups is 2. The fraction of sp³-hybridized carbons (Fsp3) is 0.133. The van der Waals surface area contributed by atoms with E-state index in [1.54, 1.807) is 22.2 Å². The van der Waals surface area contributed by atoms with Crippen LogP contribution >= 0.6 is 0 Å². The van der Waals surface area contributed by atoms with Gasteiger partial charge in [0, 0.05) is 62.0 Å². The summed E-state index contributed by atoms with van der Waals surface area (Å²) >= 11 is 10.3. The van der Waals surface area contributed by atoms with Gasteiger partial charge in [-0.2, -0.15) is 10.2 Å². The molecule has 0 atom stereocenters. The van der Waals surface area contributed by atoms with Crippen molar-refractivity contribution >= 4 is 47.0 Å².